The van der Waals surface area contributed by atoms with Crippen molar-refractivity contribution in [1.29, 1.82) is 0 Å². The molecule has 0 aliphatic heterocycles. The molecule has 3 nitrogen and oxygen atoms in total. The van der Waals surface area contributed by atoms with Gasteiger partial charge in [0.2, 0.25) is 0 Å². The zero-order valence-electron chi connectivity index (χ0n) is 15.4. The van der Waals surface area contributed by atoms with Crippen LogP contribution in [0.15, 0.2) is 66.7 Å². The molecule has 3 heteroatoms. The number of anilines is 1. The first-order valence-electron chi connectivity index (χ1n) is 8.89. The van der Waals surface area contributed by atoms with Crippen molar-refractivity contribution >= 4 is 5.69 Å². The van der Waals surface area contributed by atoms with Gasteiger partial charge in [-0.15, -0.1) is 0 Å². The van der Waals surface area contributed by atoms with Crippen LogP contribution in [0, 0.1) is 6.92 Å². The Hall–Kier alpha value is -2.94. The summed E-state index contributed by atoms with van der Waals surface area (Å²) in [5, 5.41) is 24.4. The second kappa shape index (κ2) is 7.52. The smallest absolute Gasteiger partial charge is 0.121 e. The van der Waals surface area contributed by atoms with Gasteiger partial charge in [0.25, 0.3) is 0 Å². The minimum absolute atomic E-state index is 0.200. The molecule has 0 amide bonds. The predicted molar refractivity (Wildman–Crippen MR) is 107 cm³/mol. The van der Waals surface area contributed by atoms with Gasteiger partial charge in [-0.1, -0.05) is 55.8 Å². The minimum atomic E-state index is -0.363. The second-order valence-corrected chi connectivity index (χ2v) is 6.98. The quantitative estimate of drug-likeness (QED) is 0.552. The highest BCUT2D eigenvalue weighted by Gasteiger charge is 2.21. The summed E-state index contributed by atoms with van der Waals surface area (Å²) in [6.07, 6.45) is 0. The zero-order chi connectivity index (χ0) is 18.7. The lowest BCUT2D eigenvalue weighted by Gasteiger charge is -2.24. The fraction of sp³-hybridized carbons (Fsp3) is 0.217. The summed E-state index contributed by atoms with van der Waals surface area (Å²) >= 11 is 0. The molecule has 0 saturated heterocycles. The van der Waals surface area contributed by atoms with E-state index in [4.69, 9.17) is 0 Å². The van der Waals surface area contributed by atoms with Gasteiger partial charge < -0.3 is 15.5 Å². The summed E-state index contributed by atoms with van der Waals surface area (Å²) < 4.78 is 0. The first-order valence-corrected chi connectivity index (χ1v) is 8.89. The molecule has 1 atom stereocenters. The lowest BCUT2D eigenvalue weighted by molar-refractivity contribution is 0.457. The third-order valence-electron chi connectivity index (χ3n) is 4.64. The molecule has 26 heavy (non-hydrogen) atoms. The Balaban J connectivity index is 2.10. The standard InChI is InChI=1S/C23H25NO2/c1-15(2)17-10-13-22(26)20(14-17)23(19-6-4-5-7-21(19)25)24-18-11-8-16(3)9-12-18/h4-15,23-26H,1-3H3. The molecule has 0 fully saturated rings. The molecule has 0 aliphatic carbocycles. The van der Waals surface area contributed by atoms with E-state index in [1.54, 1.807) is 18.2 Å². The Morgan fingerprint density at radius 1 is 0.769 bits per heavy atom. The van der Waals surface area contributed by atoms with Gasteiger partial charge >= 0.3 is 0 Å². The highest BCUT2D eigenvalue weighted by Crippen LogP contribution is 2.37. The third kappa shape index (κ3) is 3.83. The Morgan fingerprint density at radius 3 is 2.08 bits per heavy atom. The summed E-state index contributed by atoms with van der Waals surface area (Å²) in [4.78, 5) is 0. The van der Waals surface area contributed by atoms with Crippen molar-refractivity contribution in [2.45, 2.75) is 32.7 Å². The van der Waals surface area contributed by atoms with E-state index in [1.807, 2.05) is 55.5 Å². The van der Waals surface area contributed by atoms with E-state index in [2.05, 4.69) is 19.2 Å². The summed E-state index contributed by atoms with van der Waals surface area (Å²) in [7, 11) is 0. The van der Waals surface area contributed by atoms with Crippen molar-refractivity contribution < 1.29 is 10.2 Å². The molecule has 3 N–H and O–H groups in total. The lowest BCUT2D eigenvalue weighted by Crippen LogP contribution is -2.13. The van der Waals surface area contributed by atoms with Crippen molar-refractivity contribution in [1.82, 2.24) is 0 Å². The Bertz CT molecular complexity index is 885. The maximum atomic E-state index is 10.5. The minimum Gasteiger partial charge on any atom is -0.508 e. The van der Waals surface area contributed by atoms with E-state index in [1.165, 1.54) is 5.56 Å². The van der Waals surface area contributed by atoms with Crippen LogP contribution >= 0.6 is 0 Å². The maximum Gasteiger partial charge on any atom is 0.121 e. The Morgan fingerprint density at radius 2 is 1.42 bits per heavy atom. The summed E-state index contributed by atoms with van der Waals surface area (Å²) in [6.45, 7) is 6.29. The van der Waals surface area contributed by atoms with E-state index in [0.717, 1.165) is 22.4 Å². The molecule has 0 aliphatic rings. The number of aromatic hydroxyl groups is 2. The molecule has 3 aromatic carbocycles. The van der Waals surface area contributed by atoms with Crippen molar-refractivity contribution in [2.24, 2.45) is 0 Å². The van der Waals surface area contributed by atoms with E-state index < -0.39 is 0 Å². The number of phenolic OH excluding ortho intramolecular Hbond substituents is 2. The van der Waals surface area contributed by atoms with Gasteiger partial charge in [0, 0.05) is 16.8 Å². The van der Waals surface area contributed by atoms with Crippen molar-refractivity contribution in [3.63, 3.8) is 0 Å². The van der Waals surface area contributed by atoms with Gasteiger partial charge in [-0.25, -0.2) is 0 Å². The first kappa shape index (κ1) is 17.9. The molecule has 3 aromatic rings. The monoisotopic (exact) mass is 347 g/mol. The number of phenols is 2. The first-order chi connectivity index (χ1) is 12.5. The van der Waals surface area contributed by atoms with Gasteiger partial charge in [-0.2, -0.15) is 0 Å². The fourth-order valence-corrected chi connectivity index (χ4v) is 3.03. The van der Waals surface area contributed by atoms with Crippen molar-refractivity contribution in [3.05, 3.63) is 89.0 Å². The topological polar surface area (TPSA) is 52.5 Å². The van der Waals surface area contributed by atoms with Crippen LogP contribution in [0.4, 0.5) is 5.69 Å². The predicted octanol–water partition coefficient (Wildman–Crippen LogP) is 5.73. The van der Waals surface area contributed by atoms with E-state index >= 15 is 0 Å². The molecule has 0 heterocycles. The normalized spacial score (nSPS) is 12.2. The molecule has 134 valence electrons. The lowest BCUT2D eigenvalue weighted by atomic mass is 9.92. The molecule has 0 aromatic heterocycles. The SMILES string of the molecule is Cc1ccc(NC(c2ccccc2O)c2cc(C(C)C)ccc2O)cc1. The van der Waals surface area contributed by atoms with Crippen LogP contribution in [-0.4, -0.2) is 10.2 Å². The van der Waals surface area contributed by atoms with Gasteiger partial charge in [-0.3, -0.25) is 0 Å². The largest absolute Gasteiger partial charge is 0.508 e. The molecule has 1 unspecified atom stereocenters. The van der Waals surface area contributed by atoms with E-state index in [-0.39, 0.29) is 17.5 Å². The van der Waals surface area contributed by atoms with Gasteiger partial charge in [-0.05, 0) is 48.7 Å². The Labute approximate surface area is 155 Å². The number of benzene rings is 3. The van der Waals surface area contributed by atoms with Crippen LogP contribution in [0.1, 0.15) is 48.1 Å². The number of hydrogen-bond donors (Lipinski definition) is 3. The van der Waals surface area contributed by atoms with Gasteiger partial charge in [0.1, 0.15) is 11.5 Å². The molecule has 0 bridgehead atoms. The highest BCUT2D eigenvalue weighted by atomic mass is 16.3. The Kier molecular flexibility index (Phi) is 5.17. The molecular weight excluding hydrogens is 322 g/mol. The van der Waals surface area contributed by atoms with E-state index in [9.17, 15) is 10.2 Å². The maximum absolute atomic E-state index is 10.5. The average molecular weight is 347 g/mol. The van der Waals surface area contributed by atoms with Crippen molar-refractivity contribution in [2.75, 3.05) is 5.32 Å². The fourth-order valence-electron chi connectivity index (χ4n) is 3.03. The second-order valence-electron chi connectivity index (χ2n) is 6.98. The molecule has 0 radical (unpaired) electrons. The number of aryl methyl sites for hydroxylation is 1. The van der Waals surface area contributed by atoms with Gasteiger partial charge in [0.05, 0.1) is 6.04 Å². The zero-order valence-corrected chi connectivity index (χ0v) is 15.4. The summed E-state index contributed by atoms with van der Waals surface area (Å²) in [6, 6.07) is 20.6. The average Bonchev–Trinajstić information content (AvgIpc) is 2.62. The molecule has 0 saturated carbocycles. The van der Waals surface area contributed by atoms with Crippen LogP contribution in [0.25, 0.3) is 0 Å². The van der Waals surface area contributed by atoms with Crippen LogP contribution in [0.5, 0.6) is 11.5 Å². The van der Waals surface area contributed by atoms with Crippen LogP contribution in [0.3, 0.4) is 0 Å². The number of para-hydroxylation sites is 1. The molecule has 0 spiro atoms. The summed E-state index contributed by atoms with van der Waals surface area (Å²) in [5.41, 5.74) is 4.73. The third-order valence-corrected chi connectivity index (χ3v) is 4.64. The number of rotatable bonds is 5. The van der Waals surface area contributed by atoms with Crippen LogP contribution < -0.4 is 5.32 Å². The van der Waals surface area contributed by atoms with Crippen molar-refractivity contribution in [3.8, 4) is 11.5 Å². The van der Waals surface area contributed by atoms with Crippen LogP contribution in [-0.2, 0) is 0 Å². The summed E-state index contributed by atoms with van der Waals surface area (Å²) in [5.74, 6) is 0.757. The molecular formula is C23H25NO2. The number of nitrogens with one attached hydrogen (secondary N) is 1. The van der Waals surface area contributed by atoms with Crippen LogP contribution in [0.2, 0.25) is 0 Å². The molecule has 3 rings (SSSR count). The van der Waals surface area contributed by atoms with Gasteiger partial charge in [0.15, 0.2) is 0 Å². The highest BCUT2D eigenvalue weighted by molar-refractivity contribution is 5.55. The van der Waals surface area contributed by atoms with E-state index in [0.29, 0.717) is 5.92 Å². The number of hydrogen-bond acceptors (Lipinski definition) is 3.